The van der Waals surface area contributed by atoms with Crippen LogP contribution in [0.1, 0.15) is 13.8 Å². The highest BCUT2D eigenvalue weighted by Crippen LogP contribution is 1.98. The molecule has 0 aromatic rings. The molecule has 0 spiro atoms. The highest BCUT2D eigenvalue weighted by atomic mass is 16.3. The van der Waals surface area contributed by atoms with E-state index in [1.54, 1.807) is 0 Å². The summed E-state index contributed by atoms with van der Waals surface area (Å²) in [5.74, 6) is 0. The van der Waals surface area contributed by atoms with E-state index in [4.69, 9.17) is 10.8 Å². The number of hydrogen-bond acceptors (Lipinski definition) is 4. The molecule has 0 unspecified atom stereocenters. The van der Waals surface area contributed by atoms with Crippen LogP contribution in [0.2, 0.25) is 0 Å². The molecule has 0 aliphatic carbocycles. The van der Waals surface area contributed by atoms with Gasteiger partial charge < -0.3 is 10.8 Å². The Balaban J connectivity index is 0. The first-order valence-electron chi connectivity index (χ1n) is 5.62. The van der Waals surface area contributed by atoms with Crippen LogP contribution in [-0.2, 0) is 0 Å². The summed E-state index contributed by atoms with van der Waals surface area (Å²) < 4.78 is 0. The van der Waals surface area contributed by atoms with E-state index >= 15 is 0 Å². The predicted molar refractivity (Wildman–Crippen MR) is 66.8 cm³/mol. The number of aliphatic hydroxyl groups is 1. The van der Waals surface area contributed by atoms with Crippen molar-refractivity contribution in [2.75, 3.05) is 46.0 Å². The number of hydrogen-bond donors (Lipinski definition) is 2. The van der Waals surface area contributed by atoms with Gasteiger partial charge >= 0.3 is 0 Å². The highest BCUT2D eigenvalue weighted by Gasteiger charge is 2.13. The molecule has 15 heavy (non-hydrogen) atoms. The van der Waals surface area contributed by atoms with E-state index < -0.39 is 0 Å². The molecule has 1 heterocycles. The predicted octanol–water partition coefficient (Wildman–Crippen LogP) is 0.341. The van der Waals surface area contributed by atoms with Gasteiger partial charge in [-0.1, -0.05) is 13.8 Å². The quantitative estimate of drug-likeness (QED) is 0.670. The second-order valence-electron chi connectivity index (χ2n) is 2.87. The summed E-state index contributed by atoms with van der Waals surface area (Å²) in [5, 5.41) is 8.66. The van der Waals surface area contributed by atoms with Gasteiger partial charge in [0.25, 0.3) is 0 Å². The van der Waals surface area contributed by atoms with E-state index in [1.165, 1.54) is 0 Å². The van der Waals surface area contributed by atoms with Crippen LogP contribution >= 0.6 is 0 Å². The van der Waals surface area contributed by atoms with Crippen molar-refractivity contribution in [2.45, 2.75) is 13.8 Å². The molecule has 0 atom stereocenters. The van der Waals surface area contributed by atoms with Gasteiger partial charge in [-0.2, -0.15) is 0 Å². The first-order valence-corrected chi connectivity index (χ1v) is 5.62. The molecule has 1 fully saturated rings. The Morgan fingerprint density at radius 1 is 1.07 bits per heavy atom. The van der Waals surface area contributed by atoms with Crippen LogP contribution in [0.5, 0.6) is 0 Å². The third kappa shape index (κ3) is 8.57. The van der Waals surface area contributed by atoms with Crippen molar-refractivity contribution in [1.82, 2.24) is 9.80 Å². The minimum Gasteiger partial charge on any atom is -0.395 e. The number of β-amino-alcohol motifs (C(OH)–C–C–N with tert-alkyl or cyclic N) is 1. The Morgan fingerprint density at radius 2 is 1.47 bits per heavy atom. The first kappa shape index (κ1) is 17.0. The summed E-state index contributed by atoms with van der Waals surface area (Å²) in [6.07, 6.45) is 0. The van der Waals surface area contributed by atoms with Crippen LogP contribution in [0.15, 0.2) is 13.2 Å². The summed E-state index contributed by atoms with van der Waals surface area (Å²) in [6.45, 7) is 15.9. The number of aliphatic hydroxyl groups excluding tert-OH is 1. The second-order valence-corrected chi connectivity index (χ2v) is 2.87. The average Bonchev–Trinajstić information content (AvgIpc) is 2.36. The molecule has 0 aromatic heterocycles. The van der Waals surface area contributed by atoms with Gasteiger partial charge in [-0.25, -0.2) is 0 Å². The molecule has 4 heteroatoms. The Labute approximate surface area is 94.4 Å². The van der Waals surface area contributed by atoms with Gasteiger partial charge in [0.15, 0.2) is 0 Å². The van der Waals surface area contributed by atoms with Gasteiger partial charge in [0.2, 0.25) is 0 Å². The SMILES string of the molecule is C=C.CC.NCN1CCN(CCO)CC1. The lowest BCUT2D eigenvalue weighted by molar-refractivity contribution is 0.114. The van der Waals surface area contributed by atoms with Crippen molar-refractivity contribution < 1.29 is 5.11 Å². The Kier molecular flexibility index (Phi) is 15.4. The van der Waals surface area contributed by atoms with Crippen LogP contribution in [0.3, 0.4) is 0 Å². The van der Waals surface area contributed by atoms with E-state index in [0.717, 1.165) is 32.7 Å². The largest absolute Gasteiger partial charge is 0.395 e. The summed E-state index contributed by atoms with van der Waals surface area (Å²) in [5.41, 5.74) is 5.48. The summed E-state index contributed by atoms with van der Waals surface area (Å²) in [7, 11) is 0. The van der Waals surface area contributed by atoms with E-state index in [0.29, 0.717) is 6.67 Å². The lowest BCUT2D eigenvalue weighted by Gasteiger charge is -2.33. The molecular weight excluding hydrogens is 190 g/mol. The third-order valence-electron chi connectivity index (χ3n) is 2.14. The fraction of sp³-hybridized carbons (Fsp3) is 0.818. The number of piperazine rings is 1. The van der Waals surface area contributed by atoms with Crippen LogP contribution < -0.4 is 5.73 Å². The van der Waals surface area contributed by atoms with Crippen LogP contribution in [0.4, 0.5) is 0 Å². The molecule has 0 radical (unpaired) electrons. The topological polar surface area (TPSA) is 52.7 Å². The number of nitrogens with zero attached hydrogens (tertiary/aromatic N) is 2. The molecule has 4 nitrogen and oxygen atoms in total. The molecule has 0 aromatic carbocycles. The molecule has 1 rings (SSSR count). The molecule has 1 aliphatic rings. The van der Waals surface area contributed by atoms with Crippen LogP contribution in [0.25, 0.3) is 0 Å². The summed E-state index contributed by atoms with van der Waals surface area (Å²) in [6, 6.07) is 0. The Hall–Kier alpha value is -0.420. The highest BCUT2D eigenvalue weighted by molar-refractivity contribution is 4.69. The summed E-state index contributed by atoms with van der Waals surface area (Å²) >= 11 is 0. The summed E-state index contributed by atoms with van der Waals surface area (Å²) in [4.78, 5) is 4.47. The first-order chi connectivity index (χ1) is 7.36. The van der Waals surface area contributed by atoms with Gasteiger partial charge in [-0.3, -0.25) is 9.80 Å². The zero-order chi connectivity index (χ0) is 12.1. The van der Waals surface area contributed by atoms with E-state index in [9.17, 15) is 0 Å². The monoisotopic (exact) mass is 217 g/mol. The average molecular weight is 217 g/mol. The normalized spacial score (nSPS) is 17.1. The van der Waals surface area contributed by atoms with Crippen molar-refractivity contribution in [3.8, 4) is 0 Å². The Morgan fingerprint density at radius 3 is 1.80 bits per heavy atom. The molecule has 3 N–H and O–H groups in total. The fourth-order valence-corrected chi connectivity index (χ4v) is 1.34. The van der Waals surface area contributed by atoms with Crippen LogP contribution in [0, 0.1) is 0 Å². The van der Waals surface area contributed by atoms with E-state index in [2.05, 4.69) is 23.0 Å². The molecule has 0 amide bonds. The second kappa shape index (κ2) is 13.6. The third-order valence-corrected chi connectivity index (χ3v) is 2.14. The van der Waals surface area contributed by atoms with Crippen molar-refractivity contribution in [3.05, 3.63) is 13.2 Å². The maximum atomic E-state index is 8.66. The molecular formula is C11H27N3O. The fourth-order valence-electron chi connectivity index (χ4n) is 1.34. The lowest BCUT2D eigenvalue weighted by Crippen LogP contribution is -2.48. The molecule has 0 saturated carbocycles. The molecule has 1 aliphatic heterocycles. The van der Waals surface area contributed by atoms with Gasteiger partial charge in [0, 0.05) is 39.4 Å². The number of nitrogens with two attached hydrogens (primary N) is 1. The zero-order valence-electron chi connectivity index (χ0n) is 10.3. The lowest BCUT2D eigenvalue weighted by atomic mass is 10.3. The molecule has 92 valence electrons. The van der Waals surface area contributed by atoms with Crippen molar-refractivity contribution in [3.63, 3.8) is 0 Å². The maximum absolute atomic E-state index is 8.66. The molecule has 1 saturated heterocycles. The standard InChI is InChI=1S/C7H17N3O.C2H6.C2H4/c8-7-10-3-1-9(2-4-10)5-6-11;2*1-2/h11H,1-8H2;1-2H3;1-2H2. The zero-order valence-corrected chi connectivity index (χ0v) is 10.3. The van der Waals surface area contributed by atoms with Crippen molar-refractivity contribution >= 4 is 0 Å². The minimum absolute atomic E-state index is 0.266. The van der Waals surface area contributed by atoms with Gasteiger partial charge in [-0.05, 0) is 0 Å². The Bertz CT molecular complexity index is 114. The maximum Gasteiger partial charge on any atom is 0.0558 e. The van der Waals surface area contributed by atoms with Gasteiger partial charge in [-0.15, -0.1) is 13.2 Å². The number of rotatable bonds is 3. The van der Waals surface area contributed by atoms with Gasteiger partial charge in [0.1, 0.15) is 0 Å². The van der Waals surface area contributed by atoms with E-state index in [1.807, 2.05) is 13.8 Å². The van der Waals surface area contributed by atoms with Crippen LogP contribution in [-0.4, -0.2) is 60.9 Å². The van der Waals surface area contributed by atoms with Crippen molar-refractivity contribution in [1.29, 1.82) is 0 Å². The van der Waals surface area contributed by atoms with Crippen molar-refractivity contribution in [2.24, 2.45) is 5.73 Å². The smallest absolute Gasteiger partial charge is 0.0558 e. The minimum atomic E-state index is 0.266. The molecule has 0 bridgehead atoms. The van der Waals surface area contributed by atoms with Gasteiger partial charge in [0.05, 0.1) is 6.61 Å². The van der Waals surface area contributed by atoms with E-state index in [-0.39, 0.29) is 6.61 Å².